The summed E-state index contributed by atoms with van der Waals surface area (Å²) < 4.78 is 18.0. The molecule has 1 aliphatic rings. The zero-order chi connectivity index (χ0) is 21.1. The molecule has 0 aliphatic carbocycles. The molecule has 0 saturated carbocycles. The van der Waals surface area contributed by atoms with Crippen molar-refractivity contribution in [3.63, 3.8) is 0 Å². The van der Waals surface area contributed by atoms with E-state index in [0.717, 1.165) is 0 Å². The lowest BCUT2D eigenvalue weighted by molar-refractivity contribution is 0.272. The van der Waals surface area contributed by atoms with Crippen molar-refractivity contribution in [1.29, 1.82) is 5.26 Å². The number of aliphatic hydroxyl groups is 1. The van der Waals surface area contributed by atoms with Crippen LogP contribution in [0.25, 0.3) is 0 Å². The van der Waals surface area contributed by atoms with Crippen LogP contribution in [0, 0.1) is 18.3 Å². The number of nitrogens with zero attached hydrogens (tertiary/aromatic N) is 2. The van der Waals surface area contributed by atoms with Gasteiger partial charge in [-0.2, -0.15) is 5.26 Å². The normalized spacial score (nSPS) is 15.3. The first-order valence-electron chi connectivity index (χ1n) is 9.20. The van der Waals surface area contributed by atoms with Crippen LogP contribution in [0.15, 0.2) is 40.5 Å². The van der Waals surface area contributed by atoms with Crippen LogP contribution in [0.5, 0.6) is 17.2 Å². The molecule has 0 saturated heterocycles. The van der Waals surface area contributed by atoms with Crippen LogP contribution in [0.2, 0.25) is 0 Å². The molecule has 29 heavy (non-hydrogen) atoms. The number of rotatable bonds is 6. The Balaban J connectivity index is 2.27. The van der Waals surface area contributed by atoms with Crippen molar-refractivity contribution in [1.82, 2.24) is 4.57 Å². The van der Waals surface area contributed by atoms with Crippen LogP contribution in [-0.2, 0) is 6.54 Å². The number of allylic oxidation sites excluding steroid dienone is 1. The lowest BCUT2D eigenvalue weighted by Crippen LogP contribution is -2.33. The highest BCUT2D eigenvalue weighted by Crippen LogP contribution is 2.42. The van der Waals surface area contributed by atoms with E-state index in [1.165, 1.54) is 11.7 Å². The molecule has 152 valence electrons. The molecule has 2 heterocycles. The Kier molecular flexibility index (Phi) is 5.80. The Morgan fingerprint density at radius 2 is 2.10 bits per heavy atom. The molecule has 0 radical (unpaired) electrons. The number of nitrogens with two attached hydrogens (primary N) is 1. The van der Waals surface area contributed by atoms with Crippen LogP contribution >= 0.6 is 0 Å². The second-order valence-corrected chi connectivity index (χ2v) is 6.51. The van der Waals surface area contributed by atoms with Gasteiger partial charge in [-0.3, -0.25) is 4.79 Å². The van der Waals surface area contributed by atoms with Crippen LogP contribution in [0.3, 0.4) is 0 Å². The van der Waals surface area contributed by atoms with Gasteiger partial charge in [-0.25, -0.2) is 0 Å². The number of benzene rings is 1. The van der Waals surface area contributed by atoms with Gasteiger partial charge < -0.3 is 29.6 Å². The molecule has 1 aromatic heterocycles. The molecule has 0 spiro atoms. The van der Waals surface area contributed by atoms with Gasteiger partial charge in [0.25, 0.3) is 5.56 Å². The Morgan fingerprint density at radius 1 is 1.34 bits per heavy atom. The molecule has 3 rings (SSSR count). The monoisotopic (exact) mass is 397 g/mol. The molecular formula is C21H23N3O5. The molecule has 0 fully saturated rings. The molecule has 1 aliphatic heterocycles. The third-order valence-electron chi connectivity index (χ3n) is 4.83. The first kappa shape index (κ1) is 20.3. The number of hydrogen-bond donors (Lipinski definition) is 2. The van der Waals surface area contributed by atoms with Crippen LogP contribution in [0.4, 0.5) is 0 Å². The van der Waals surface area contributed by atoms with Gasteiger partial charge in [-0.05, 0) is 31.5 Å². The predicted octanol–water partition coefficient (Wildman–Crippen LogP) is 1.77. The molecule has 0 bridgehead atoms. The van der Waals surface area contributed by atoms with Gasteiger partial charge >= 0.3 is 0 Å². The van der Waals surface area contributed by atoms with Crippen molar-refractivity contribution in [2.24, 2.45) is 5.73 Å². The highest BCUT2D eigenvalue weighted by Gasteiger charge is 2.34. The highest BCUT2D eigenvalue weighted by molar-refractivity contribution is 5.57. The maximum atomic E-state index is 13.2. The van der Waals surface area contributed by atoms with Crippen molar-refractivity contribution >= 4 is 0 Å². The van der Waals surface area contributed by atoms with E-state index in [1.54, 1.807) is 31.2 Å². The summed E-state index contributed by atoms with van der Waals surface area (Å²) in [5.41, 5.74) is 7.37. The van der Waals surface area contributed by atoms with Crippen LogP contribution in [0.1, 0.15) is 29.7 Å². The molecule has 8 nitrogen and oxygen atoms in total. The van der Waals surface area contributed by atoms with Crippen molar-refractivity contribution in [2.75, 3.05) is 20.3 Å². The lowest BCUT2D eigenvalue weighted by atomic mass is 9.84. The number of aliphatic hydroxyl groups excluding tert-OH is 1. The minimum Gasteiger partial charge on any atom is -0.493 e. The Morgan fingerprint density at radius 3 is 2.72 bits per heavy atom. The summed E-state index contributed by atoms with van der Waals surface area (Å²) in [7, 11) is 1.52. The first-order chi connectivity index (χ1) is 14.0. The minimum atomic E-state index is -0.730. The second kappa shape index (κ2) is 8.29. The van der Waals surface area contributed by atoms with E-state index >= 15 is 0 Å². The summed E-state index contributed by atoms with van der Waals surface area (Å²) in [5, 5.41) is 19.1. The van der Waals surface area contributed by atoms with E-state index in [0.29, 0.717) is 40.7 Å². The molecule has 1 atom stereocenters. The van der Waals surface area contributed by atoms with E-state index in [2.05, 4.69) is 6.07 Å². The van der Waals surface area contributed by atoms with Crippen LogP contribution in [-0.4, -0.2) is 30.0 Å². The SMILES string of the molecule is CCOc1ccc(C2C(C#N)=C(N)Oc3cc(C)n(CCO)c(=O)c32)cc1OC. The van der Waals surface area contributed by atoms with Gasteiger partial charge in [0.15, 0.2) is 11.5 Å². The van der Waals surface area contributed by atoms with E-state index in [9.17, 15) is 15.2 Å². The van der Waals surface area contributed by atoms with E-state index < -0.39 is 5.92 Å². The molecular weight excluding hydrogens is 374 g/mol. The topological polar surface area (TPSA) is 120 Å². The summed E-state index contributed by atoms with van der Waals surface area (Å²) in [5.74, 6) is 0.568. The molecule has 3 N–H and O–H groups in total. The third kappa shape index (κ3) is 3.52. The predicted molar refractivity (Wildman–Crippen MR) is 106 cm³/mol. The standard InChI is InChI=1S/C21H23N3O5/c1-4-28-15-6-5-13(10-16(15)27-3)18-14(11-22)20(23)29-17-9-12(2)24(7-8-25)21(26)19(17)18/h5-6,9-10,18,25H,4,7-8,23H2,1-3H3. The minimum absolute atomic E-state index is 0.0449. The summed E-state index contributed by atoms with van der Waals surface area (Å²) in [4.78, 5) is 13.2. The Labute approximate surface area is 168 Å². The fourth-order valence-electron chi connectivity index (χ4n) is 3.54. The van der Waals surface area contributed by atoms with Crippen molar-refractivity contribution in [2.45, 2.75) is 26.3 Å². The molecule has 0 amide bonds. The van der Waals surface area contributed by atoms with Crippen molar-refractivity contribution in [3.05, 3.63) is 62.9 Å². The quantitative estimate of drug-likeness (QED) is 0.762. The number of fused-ring (bicyclic) bond motifs is 1. The number of hydrogen-bond acceptors (Lipinski definition) is 7. The molecule has 8 heteroatoms. The number of ether oxygens (including phenoxy) is 3. The van der Waals surface area contributed by atoms with Gasteiger partial charge in [0.1, 0.15) is 17.4 Å². The number of aryl methyl sites for hydroxylation is 1. The zero-order valence-electron chi connectivity index (χ0n) is 16.6. The lowest BCUT2D eigenvalue weighted by Gasteiger charge is -2.27. The van der Waals surface area contributed by atoms with E-state index in [1.807, 2.05) is 6.92 Å². The Bertz CT molecular complexity index is 1070. The van der Waals surface area contributed by atoms with E-state index in [-0.39, 0.29) is 30.2 Å². The number of pyridine rings is 1. The first-order valence-corrected chi connectivity index (χ1v) is 9.20. The average Bonchev–Trinajstić information content (AvgIpc) is 2.70. The van der Waals surface area contributed by atoms with Gasteiger partial charge in [0.05, 0.1) is 31.8 Å². The summed E-state index contributed by atoms with van der Waals surface area (Å²) in [6, 6.07) is 8.99. The van der Waals surface area contributed by atoms with Crippen molar-refractivity contribution < 1.29 is 19.3 Å². The molecule has 2 aromatic rings. The Hall–Kier alpha value is -3.44. The summed E-state index contributed by atoms with van der Waals surface area (Å²) in [6.07, 6.45) is 0. The van der Waals surface area contributed by atoms with Gasteiger partial charge in [-0.1, -0.05) is 6.07 Å². The summed E-state index contributed by atoms with van der Waals surface area (Å²) in [6.45, 7) is 4.03. The number of aromatic nitrogens is 1. The smallest absolute Gasteiger partial charge is 0.258 e. The second-order valence-electron chi connectivity index (χ2n) is 6.51. The van der Waals surface area contributed by atoms with Crippen molar-refractivity contribution in [3.8, 4) is 23.3 Å². The maximum Gasteiger partial charge on any atom is 0.258 e. The van der Waals surface area contributed by atoms with E-state index in [4.69, 9.17) is 19.9 Å². The average molecular weight is 397 g/mol. The van der Waals surface area contributed by atoms with Gasteiger partial charge in [-0.15, -0.1) is 0 Å². The molecule has 1 aromatic carbocycles. The fraction of sp³-hybridized carbons (Fsp3) is 0.333. The zero-order valence-corrected chi connectivity index (χ0v) is 16.6. The number of nitriles is 1. The van der Waals surface area contributed by atoms with Gasteiger partial charge in [0, 0.05) is 18.3 Å². The number of methoxy groups -OCH3 is 1. The maximum absolute atomic E-state index is 13.2. The largest absolute Gasteiger partial charge is 0.493 e. The highest BCUT2D eigenvalue weighted by atomic mass is 16.5. The summed E-state index contributed by atoms with van der Waals surface area (Å²) >= 11 is 0. The third-order valence-corrected chi connectivity index (χ3v) is 4.83. The fourth-order valence-corrected chi connectivity index (χ4v) is 3.54. The van der Waals surface area contributed by atoms with Crippen LogP contribution < -0.4 is 25.5 Å². The molecule has 1 unspecified atom stereocenters. The van der Waals surface area contributed by atoms with Gasteiger partial charge in [0.2, 0.25) is 5.88 Å².